The predicted octanol–water partition coefficient (Wildman–Crippen LogP) is 2.98. The third-order valence-electron chi connectivity index (χ3n) is 6.57. The van der Waals surface area contributed by atoms with Crippen LogP contribution in [0.25, 0.3) is 0 Å². The summed E-state index contributed by atoms with van der Waals surface area (Å²) in [5.41, 5.74) is 2.24. The van der Waals surface area contributed by atoms with Crippen LogP contribution in [-0.4, -0.2) is 83.2 Å². The second kappa shape index (κ2) is 10.3. The first kappa shape index (κ1) is 23.7. The molecule has 0 amide bonds. The van der Waals surface area contributed by atoms with Gasteiger partial charge in [0.1, 0.15) is 11.6 Å². The summed E-state index contributed by atoms with van der Waals surface area (Å²) in [5.74, 6) is 1.61. The van der Waals surface area contributed by atoms with Crippen molar-refractivity contribution in [1.82, 2.24) is 24.6 Å². The lowest BCUT2D eigenvalue weighted by atomic mass is 9.98. The lowest BCUT2D eigenvalue weighted by Gasteiger charge is -2.41. The summed E-state index contributed by atoms with van der Waals surface area (Å²) in [4.78, 5) is 22.5. The Hall–Kier alpha value is -3.08. The van der Waals surface area contributed by atoms with Gasteiger partial charge in [-0.05, 0) is 23.3 Å². The van der Waals surface area contributed by atoms with E-state index in [1.807, 2.05) is 18.2 Å². The van der Waals surface area contributed by atoms with Crippen LogP contribution < -0.4 is 14.2 Å². The Morgan fingerprint density at radius 2 is 1.69 bits per heavy atom. The molecule has 3 heterocycles. The summed E-state index contributed by atoms with van der Waals surface area (Å²) in [7, 11) is 4.80. The minimum absolute atomic E-state index is 0.0621. The highest BCUT2D eigenvalue weighted by molar-refractivity contribution is 8.00. The molecule has 2 atom stereocenters. The van der Waals surface area contributed by atoms with Gasteiger partial charge < -0.3 is 14.2 Å². The first-order chi connectivity index (χ1) is 17.1. The van der Waals surface area contributed by atoms with E-state index in [1.165, 1.54) is 28.3 Å². The molecule has 2 aromatic carbocycles. The molecule has 0 spiro atoms. The number of thioether (sulfide) groups is 1. The van der Waals surface area contributed by atoms with Crippen molar-refractivity contribution in [1.29, 1.82) is 0 Å². The molecule has 184 valence electrons. The predicted molar refractivity (Wildman–Crippen MR) is 132 cm³/mol. The first-order valence-corrected chi connectivity index (χ1v) is 12.4. The fourth-order valence-corrected chi connectivity index (χ4v) is 6.07. The van der Waals surface area contributed by atoms with Crippen molar-refractivity contribution < 1.29 is 19.0 Å². The fourth-order valence-electron chi connectivity index (χ4n) is 4.84. The van der Waals surface area contributed by atoms with E-state index in [9.17, 15) is 4.79 Å². The second-order valence-corrected chi connectivity index (χ2v) is 9.64. The van der Waals surface area contributed by atoms with Crippen LogP contribution in [0.4, 0.5) is 0 Å². The quantitative estimate of drug-likeness (QED) is 0.468. The SMILES string of the molecule is COc1cc(C(C2Sc3ncnn3C2=O)N2CCN(Cc3ccccc3)CC2)cc(OC)c1OC. The monoisotopic (exact) mass is 495 g/mol. The van der Waals surface area contributed by atoms with Gasteiger partial charge in [0, 0.05) is 32.7 Å². The number of hydrogen-bond acceptors (Lipinski definition) is 9. The van der Waals surface area contributed by atoms with Gasteiger partial charge in [0.15, 0.2) is 16.7 Å². The highest BCUT2D eigenvalue weighted by Crippen LogP contribution is 2.45. The minimum Gasteiger partial charge on any atom is -0.493 e. The van der Waals surface area contributed by atoms with Crippen molar-refractivity contribution in [2.24, 2.45) is 0 Å². The molecule has 0 bridgehead atoms. The maximum absolute atomic E-state index is 13.4. The van der Waals surface area contributed by atoms with Gasteiger partial charge in [-0.2, -0.15) is 9.78 Å². The van der Waals surface area contributed by atoms with Crippen molar-refractivity contribution in [2.75, 3.05) is 47.5 Å². The van der Waals surface area contributed by atoms with Crippen molar-refractivity contribution in [3.63, 3.8) is 0 Å². The molecule has 0 aliphatic carbocycles. The molecule has 2 unspecified atom stereocenters. The van der Waals surface area contributed by atoms with Crippen LogP contribution in [0, 0.1) is 0 Å². The van der Waals surface area contributed by atoms with E-state index < -0.39 is 0 Å². The largest absolute Gasteiger partial charge is 0.493 e. The van der Waals surface area contributed by atoms with Crippen molar-refractivity contribution in [2.45, 2.75) is 23.0 Å². The van der Waals surface area contributed by atoms with Gasteiger partial charge in [-0.3, -0.25) is 14.6 Å². The molecule has 1 fully saturated rings. The Morgan fingerprint density at radius 1 is 1.00 bits per heavy atom. The summed E-state index contributed by atoms with van der Waals surface area (Å²) < 4.78 is 18.2. The van der Waals surface area contributed by atoms with E-state index in [4.69, 9.17) is 14.2 Å². The molecular formula is C25H29N5O4S. The molecule has 0 saturated carbocycles. The molecule has 1 aromatic heterocycles. The number of hydrogen-bond donors (Lipinski definition) is 0. The smallest absolute Gasteiger partial charge is 0.264 e. The van der Waals surface area contributed by atoms with Crippen LogP contribution in [0.3, 0.4) is 0 Å². The van der Waals surface area contributed by atoms with Crippen molar-refractivity contribution in [3.05, 3.63) is 59.9 Å². The Balaban J connectivity index is 1.44. The van der Waals surface area contributed by atoms with E-state index >= 15 is 0 Å². The van der Waals surface area contributed by atoms with Crippen LogP contribution in [0.15, 0.2) is 53.9 Å². The standard InChI is InChI=1S/C25H29N5O4S/c1-32-19-13-18(14-20(33-2)22(19)34-3)21(23-24(31)30-25(35-23)26-16-27-30)29-11-9-28(10-12-29)15-17-7-5-4-6-8-17/h4-8,13-14,16,21,23H,9-12,15H2,1-3H3. The highest BCUT2D eigenvalue weighted by Gasteiger charge is 2.43. The maximum atomic E-state index is 13.4. The number of rotatable bonds is 8. The minimum atomic E-state index is -0.380. The van der Waals surface area contributed by atoms with E-state index in [0.717, 1.165) is 38.3 Å². The summed E-state index contributed by atoms with van der Waals surface area (Å²) >= 11 is 1.46. The average Bonchev–Trinajstić information content (AvgIpc) is 3.48. The topological polar surface area (TPSA) is 82.0 Å². The zero-order chi connectivity index (χ0) is 24.4. The molecule has 35 heavy (non-hydrogen) atoms. The van der Waals surface area contributed by atoms with Gasteiger partial charge >= 0.3 is 0 Å². The number of nitrogens with zero attached hydrogens (tertiary/aromatic N) is 5. The number of methoxy groups -OCH3 is 3. The van der Waals surface area contributed by atoms with Crippen LogP contribution in [0.2, 0.25) is 0 Å². The lowest BCUT2D eigenvalue weighted by molar-refractivity contribution is 0.0714. The molecule has 9 nitrogen and oxygen atoms in total. The average molecular weight is 496 g/mol. The molecule has 0 N–H and O–H groups in total. The van der Waals surface area contributed by atoms with Crippen LogP contribution in [-0.2, 0) is 6.54 Å². The molecule has 5 rings (SSSR count). The Labute approximate surface area is 209 Å². The molecule has 3 aromatic rings. The molecule has 1 saturated heterocycles. The van der Waals surface area contributed by atoms with E-state index in [-0.39, 0.29) is 17.2 Å². The lowest BCUT2D eigenvalue weighted by Crippen LogP contribution is -2.50. The zero-order valence-electron chi connectivity index (χ0n) is 20.1. The Morgan fingerprint density at radius 3 is 2.29 bits per heavy atom. The van der Waals surface area contributed by atoms with Gasteiger partial charge in [0.2, 0.25) is 5.75 Å². The van der Waals surface area contributed by atoms with Crippen LogP contribution in [0.1, 0.15) is 22.0 Å². The third-order valence-corrected chi connectivity index (χ3v) is 7.77. The number of fused-ring (bicyclic) bond motifs is 1. The molecular weight excluding hydrogens is 466 g/mol. The molecule has 0 radical (unpaired) electrons. The van der Waals surface area contributed by atoms with E-state index in [1.54, 1.807) is 21.3 Å². The van der Waals surface area contributed by atoms with Crippen molar-refractivity contribution >= 4 is 17.7 Å². The van der Waals surface area contributed by atoms with Gasteiger partial charge in [-0.1, -0.05) is 42.1 Å². The van der Waals surface area contributed by atoms with Crippen molar-refractivity contribution in [3.8, 4) is 17.2 Å². The van der Waals surface area contributed by atoms with Crippen LogP contribution in [0.5, 0.6) is 17.2 Å². The number of carbonyl (C=O) groups excluding carboxylic acids is 1. The zero-order valence-corrected chi connectivity index (χ0v) is 20.9. The summed E-state index contributed by atoms with van der Waals surface area (Å²) in [6.45, 7) is 4.39. The summed E-state index contributed by atoms with van der Waals surface area (Å²) in [5, 5.41) is 4.39. The number of ether oxygens (including phenoxy) is 3. The van der Waals surface area contributed by atoms with Gasteiger partial charge in [-0.15, -0.1) is 0 Å². The summed E-state index contributed by atoms with van der Waals surface area (Å²) in [6, 6.07) is 14.2. The number of piperazine rings is 1. The second-order valence-electron chi connectivity index (χ2n) is 8.53. The van der Waals surface area contributed by atoms with Gasteiger partial charge in [0.25, 0.3) is 5.91 Å². The Kier molecular flexibility index (Phi) is 6.94. The molecule has 2 aliphatic rings. The Bertz CT molecular complexity index is 1150. The summed E-state index contributed by atoms with van der Waals surface area (Å²) in [6.07, 6.45) is 1.42. The normalized spacial score (nSPS) is 19.4. The number of carbonyl (C=O) groups is 1. The van der Waals surface area contributed by atoms with Crippen LogP contribution >= 0.6 is 11.8 Å². The number of aromatic nitrogens is 3. The third kappa shape index (κ3) is 4.61. The highest BCUT2D eigenvalue weighted by atomic mass is 32.2. The number of benzene rings is 2. The first-order valence-electron chi connectivity index (χ1n) is 11.5. The van der Waals surface area contributed by atoms with Gasteiger partial charge in [-0.25, -0.2) is 4.98 Å². The van der Waals surface area contributed by atoms with E-state index in [0.29, 0.717) is 22.4 Å². The molecule has 10 heteroatoms. The fraction of sp³-hybridized carbons (Fsp3) is 0.400. The van der Waals surface area contributed by atoms with Gasteiger partial charge in [0.05, 0.1) is 27.4 Å². The van der Waals surface area contributed by atoms with E-state index in [2.05, 4.69) is 44.1 Å². The maximum Gasteiger partial charge on any atom is 0.264 e. The molecule has 2 aliphatic heterocycles.